The standard InChI is InChI=1S/C23H18Br2N2O2/c1-28-21-11-10-16(25)12-18(21)23-27-20(17-4-2-3-5-22(17)29-23)13-19(26-27)14-6-8-15(24)9-7-14/h2-12,20,23H,13H2,1H3/t20-,23-/m0/s1. The van der Waals surface area contributed by atoms with Crippen LogP contribution in [0.3, 0.4) is 0 Å². The van der Waals surface area contributed by atoms with E-state index in [9.17, 15) is 0 Å². The third-order valence-corrected chi connectivity index (χ3v) is 6.36. The van der Waals surface area contributed by atoms with Crippen LogP contribution in [0.15, 0.2) is 80.8 Å². The number of hydrogen-bond donors (Lipinski definition) is 0. The SMILES string of the molecule is COc1ccc(Br)cc1[C@@H]1Oc2ccccc2[C@@H]2CC(c3ccc(Br)cc3)=NN21. The summed E-state index contributed by atoms with van der Waals surface area (Å²) >= 11 is 7.09. The van der Waals surface area contributed by atoms with Crippen molar-refractivity contribution < 1.29 is 9.47 Å². The lowest BCUT2D eigenvalue weighted by molar-refractivity contribution is -0.0203. The second kappa shape index (κ2) is 7.50. The molecule has 2 atom stereocenters. The molecule has 2 aliphatic rings. The van der Waals surface area contributed by atoms with E-state index in [4.69, 9.17) is 14.6 Å². The molecule has 6 heteroatoms. The van der Waals surface area contributed by atoms with Crippen LogP contribution in [0.2, 0.25) is 0 Å². The minimum Gasteiger partial charge on any atom is -0.496 e. The van der Waals surface area contributed by atoms with Gasteiger partial charge in [0, 0.05) is 20.9 Å². The Balaban J connectivity index is 1.62. The molecule has 2 heterocycles. The second-order valence-electron chi connectivity index (χ2n) is 7.05. The predicted octanol–water partition coefficient (Wildman–Crippen LogP) is 6.46. The Morgan fingerprint density at radius 3 is 2.52 bits per heavy atom. The number of hydrazone groups is 1. The number of nitrogens with zero attached hydrogens (tertiary/aromatic N) is 2. The van der Waals surface area contributed by atoms with Gasteiger partial charge in [-0.15, -0.1) is 0 Å². The van der Waals surface area contributed by atoms with Gasteiger partial charge in [0.1, 0.15) is 11.5 Å². The highest BCUT2D eigenvalue weighted by Crippen LogP contribution is 2.49. The van der Waals surface area contributed by atoms with Crippen LogP contribution in [0.5, 0.6) is 11.5 Å². The molecule has 0 aliphatic carbocycles. The molecule has 3 aromatic rings. The summed E-state index contributed by atoms with van der Waals surface area (Å²) in [7, 11) is 1.68. The number of hydrogen-bond acceptors (Lipinski definition) is 4. The number of benzene rings is 3. The van der Waals surface area contributed by atoms with E-state index in [1.165, 1.54) is 0 Å². The number of ether oxygens (including phenoxy) is 2. The molecule has 0 N–H and O–H groups in total. The molecule has 0 amide bonds. The maximum atomic E-state index is 6.44. The van der Waals surface area contributed by atoms with Crippen LogP contribution in [-0.2, 0) is 0 Å². The van der Waals surface area contributed by atoms with Crippen LogP contribution in [-0.4, -0.2) is 17.8 Å². The molecule has 146 valence electrons. The van der Waals surface area contributed by atoms with E-state index in [0.29, 0.717) is 0 Å². The zero-order valence-corrected chi connectivity index (χ0v) is 18.9. The highest BCUT2D eigenvalue weighted by atomic mass is 79.9. The first-order chi connectivity index (χ1) is 14.1. The molecule has 0 saturated carbocycles. The molecule has 4 nitrogen and oxygen atoms in total. The highest BCUT2D eigenvalue weighted by molar-refractivity contribution is 9.10. The van der Waals surface area contributed by atoms with Gasteiger partial charge in [-0.1, -0.05) is 62.2 Å². The lowest BCUT2D eigenvalue weighted by atomic mass is 9.96. The molecule has 0 aromatic heterocycles. The van der Waals surface area contributed by atoms with Gasteiger partial charge in [-0.3, -0.25) is 0 Å². The number of rotatable bonds is 3. The van der Waals surface area contributed by atoms with E-state index in [-0.39, 0.29) is 12.3 Å². The zero-order valence-electron chi connectivity index (χ0n) is 15.7. The normalized spacial score (nSPS) is 19.8. The maximum Gasteiger partial charge on any atom is 0.217 e. The van der Waals surface area contributed by atoms with Crippen LogP contribution in [0.25, 0.3) is 0 Å². The summed E-state index contributed by atoms with van der Waals surface area (Å²) in [6.07, 6.45) is 0.463. The molecule has 0 spiro atoms. The lowest BCUT2D eigenvalue weighted by Crippen LogP contribution is -2.33. The summed E-state index contributed by atoms with van der Waals surface area (Å²) < 4.78 is 14.1. The van der Waals surface area contributed by atoms with Gasteiger partial charge in [0.2, 0.25) is 6.23 Å². The fourth-order valence-electron chi connectivity index (χ4n) is 3.95. The Morgan fingerprint density at radius 1 is 0.966 bits per heavy atom. The van der Waals surface area contributed by atoms with Crippen LogP contribution in [0, 0.1) is 0 Å². The average molecular weight is 514 g/mol. The topological polar surface area (TPSA) is 34.1 Å². The quantitative estimate of drug-likeness (QED) is 0.403. The van der Waals surface area contributed by atoms with Gasteiger partial charge in [-0.25, -0.2) is 5.01 Å². The monoisotopic (exact) mass is 512 g/mol. The summed E-state index contributed by atoms with van der Waals surface area (Å²) in [5.41, 5.74) is 4.29. The molecule has 0 bridgehead atoms. The van der Waals surface area contributed by atoms with Gasteiger partial charge in [-0.05, 0) is 42.0 Å². The lowest BCUT2D eigenvalue weighted by Gasteiger charge is -2.38. The van der Waals surface area contributed by atoms with Gasteiger partial charge in [0.15, 0.2) is 0 Å². The molecule has 5 rings (SSSR count). The Kier molecular flexibility index (Phi) is 4.84. The third-order valence-electron chi connectivity index (χ3n) is 5.33. The minimum atomic E-state index is -0.365. The maximum absolute atomic E-state index is 6.44. The molecule has 0 unspecified atom stereocenters. The van der Waals surface area contributed by atoms with Crippen LogP contribution < -0.4 is 9.47 Å². The van der Waals surface area contributed by atoms with Gasteiger partial charge >= 0.3 is 0 Å². The van der Waals surface area contributed by atoms with E-state index < -0.39 is 0 Å². The Labute approximate surface area is 186 Å². The van der Waals surface area contributed by atoms with Gasteiger partial charge in [0.05, 0.1) is 24.4 Å². The van der Waals surface area contributed by atoms with Crippen molar-refractivity contribution >= 4 is 37.6 Å². The van der Waals surface area contributed by atoms with Crippen molar-refractivity contribution in [3.05, 3.63) is 92.4 Å². The summed E-state index contributed by atoms with van der Waals surface area (Å²) in [6, 6.07) is 22.6. The minimum absolute atomic E-state index is 0.118. The summed E-state index contributed by atoms with van der Waals surface area (Å²) in [5.74, 6) is 1.68. The average Bonchev–Trinajstić information content (AvgIpc) is 3.19. The van der Waals surface area contributed by atoms with E-state index in [1.54, 1.807) is 7.11 Å². The fourth-order valence-corrected chi connectivity index (χ4v) is 4.60. The van der Waals surface area contributed by atoms with Crippen LogP contribution in [0.1, 0.15) is 35.4 Å². The first-order valence-electron chi connectivity index (χ1n) is 9.35. The molecular weight excluding hydrogens is 496 g/mol. The smallest absolute Gasteiger partial charge is 0.217 e. The van der Waals surface area contributed by atoms with Crippen molar-refractivity contribution in [1.82, 2.24) is 5.01 Å². The van der Waals surface area contributed by atoms with Gasteiger partial charge in [-0.2, -0.15) is 5.10 Å². The molecule has 0 saturated heterocycles. The summed E-state index contributed by atoms with van der Waals surface area (Å²) in [4.78, 5) is 0. The van der Waals surface area contributed by atoms with Gasteiger partial charge < -0.3 is 9.47 Å². The van der Waals surface area contributed by atoms with Crippen molar-refractivity contribution in [3.8, 4) is 11.5 Å². The third kappa shape index (κ3) is 3.34. The molecule has 29 heavy (non-hydrogen) atoms. The van der Waals surface area contributed by atoms with E-state index in [2.05, 4.69) is 73.3 Å². The van der Waals surface area contributed by atoms with Crippen molar-refractivity contribution in [2.45, 2.75) is 18.7 Å². The number of para-hydroxylation sites is 1. The molecule has 2 aliphatic heterocycles. The molecule has 3 aromatic carbocycles. The number of methoxy groups -OCH3 is 1. The molecule has 0 radical (unpaired) electrons. The summed E-state index contributed by atoms with van der Waals surface area (Å²) in [5, 5.41) is 7.08. The van der Waals surface area contributed by atoms with Crippen LogP contribution >= 0.6 is 31.9 Å². The highest BCUT2D eigenvalue weighted by Gasteiger charge is 2.41. The number of halogens is 2. The Bertz CT molecular complexity index is 1100. The van der Waals surface area contributed by atoms with Crippen molar-refractivity contribution in [2.24, 2.45) is 5.10 Å². The Morgan fingerprint density at radius 2 is 1.72 bits per heavy atom. The van der Waals surface area contributed by atoms with E-state index in [0.717, 1.165) is 49.3 Å². The molecular formula is C23H18Br2N2O2. The zero-order chi connectivity index (χ0) is 20.0. The largest absolute Gasteiger partial charge is 0.496 e. The Hall–Kier alpha value is -2.31. The molecule has 0 fully saturated rings. The van der Waals surface area contributed by atoms with Crippen LogP contribution in [0.4, 0.5) is 0 Å². The number of fused-ring (bicyclic) bond motifs is 3. The van der Waals surface area contributed by atoms with E-state index >= 15 is 0 Å². The fraction of sp³-hybridized carbons (Fsp3) is 0.174. The van der Waals surface area contributed by atoms with Crippen molar-refractivity contribution in [1.29, 1.82) is 0 Å². The van der Waals surface area contributed by atoms with Crippen molar-refractivity contribution in [2.75, 3.05) is 7.11 Å². The summed E-state index contributed by atoms with van der Waals surface area (Å²) in [6.45, 7) is 0. The van der Waals surface area contributed by atoms with Crippen molar-refractivity contribution in [3.63, 3.8) is 0 Å². The first-order valence-corrected chi connectivity index (χ1v) is 10.9. The predicted molar refractivity (Wildman–Crippen MR) is 120 cm³/mol. The second-order valence-corrected chi connectivity index (χ2v) is 8.88. The van der Waals surface area contributed by atoms with Gasteiger partial charge in [0.25, 0.3) is 0 Å². The first kappa shape index (κ1) is 18.7. The van der Waals surface area contributed by atoms with E-state index in [1.807, 2.05) is 30.3 Å².